The smallest absolute Gasteiger partial charge is 0.0206 e. The summed E-state index contributed by atoms with van der Waals surface area (Å²) in [6, 6.07) is 8.86. The van der Waals surface area contributed by atoms with Gasteiger partial charge in [0.1, 0.15) is 0 Å². The molecular weight excluding hydrogens is 284 g/mol. The third-order valence-electron chi connectivity index (χ3n) is 3.15. The topological polar surface area (TPSA) is 30.5 Å². The van der Waals surface area contributed by atoms with Crippen LogP contribution in [0.4, 0.5) is 0 Å². The highest BCUT2D eigenvalue weighted by Crippen LogP contribution is 2.04. The average Bonchev–Trinajstić information content (AvgIpc) is 2.41. The molecule has 1 rings (SSSR count). The molecule has 0 spiro atoms. The number of rotatable bonds is 10. The Morgan fingerprint density at radius 2 is 1.05 bits per heavy atom. The first kappa shape index (κ1) is 20.3. The Morgan fingerprint density at radius 3 is 1.33 bits per heavy atom. The zero-order valence-electron chi connectivity index (χ0n) is 13.9. The van der Waals surface area contributed by atoms with Crippen LogP contribution in [0.5, 0.6) is 0 Å². The van der Waals surface area contributed by atoms with Crippen LogP contribution >= 0.6 is 12.4 Å². The number of hydrogen-bond donors (Lipinski definition) is 2. The van der Waals surface area contributed by atoms with Gasteiger partial charge in [0.05, 0.1) is 0 Å². The van der Waals surface area contributed by atoms with Crippen molar-refractivity contribution in [2.24, 2.45) is 0 Å². The molecule has 5 heteroatoms. The fraction of sp³-hybridized carbons (Fsp3) is 0.625. The van der Waals surface area contributed by atoms with Crippen molar-refractivity contribution in [1.82, 2.24) is 20.4 Å². The monoisotopic (exact) mass is 314 g/mol. The molecule has 0 amide bonds. The fourth-order valence-corrected chi connectivity index (χ4v) is 1.85. The second-order valence-corrected chi connectivity index (χ2v) is 5.78. The molecule has 0 aliphatic carbocycles. The normalized spacial score (nSPS) is 11.0. The van der Waals surface area contributed by atoms with Crippen molar-refractivity contribution in [2.45, 2.75) is 13.1 Å². The van der Waals surface area contributed by atoms with Gasteiger partial charge in [-0.05, 0) is 39.3 Å². The molecule has 0 heterocycles. The number of likely N-dealkylation sites (N-methyl/N-ethyl adjacent to an activating group) is 2. The molecule has 0 fully saturated rings. The molecule has 0 aliphatic heterocycles. The van der Waals surface area contributed by atoms with Gasteiger partial charge in [0.15, 0.2) is 0 Å². The van der Waals surface area contributed by atoms with E-state index in [1.54, 1.807) is 0 Å². The number of hydrogen-bond acceptors (Lipinski definition) is 4. The van der Waals surface area contributed by atoms with Crippen LogP contribution in [0, 0.1) is 0 Å². The van der Waals surface area contributed by atoms with E-state index in [1.807, 2.05) is 0 Å². The van der Waals surface area contributed by atoms with E-state index in [2.05, 4.69) is 72.9 Å². The Bertz CT molecular complexity index is 317. The zero-order valence-corrected chi connectivity index (χ0v) is 14.7. The van der Waals surface area contributed by atoms with E-state index in [-0.39, 0.29) is 12.4 Å². The van der Waals surface area contributed by atoms with E-state index in [0.717, 1.165) is 39.3 Å². The van der Waals surface area contributed by atoms with Crippen molar-refractivity contribution in [3.8, 4) is 0 Å². The first-order chi connectivity index (χ1) is 9.58. The average molecular weight is 315 g/mol. The van der Waals surface area contributed by atoms with E-state index in [9.17, 15) is 0 Å². The van der Waals surface area contributed by atoms with Gasteiger partial charge in [0, 0.05) is 39.3 Å². The van der Waals surface area contributed by atoms with Crippen molar-refractivity contribution in [3.05, 3.63) is 35.4 Å². The Balaban J connectivity index is 0.00000400. The summed E-state index contributed by atoms with van der Waals surface area (Å²) in [5, 5.41) is 6.91. The maximum atomic E-state index is 3.45. The van der Waals surface area contributed by atoms with Gasteiger partial charge in [0.25, 0.3) is 0 Å². The van der Waals surface area contributed by atoms with Gasteiger partial charge in [-0.25, -0.2) is 0 Å². The molecule has 122 valence electrons. The molecule has 1 aromatic carbocycles. The van der Waals surface area contributed by atoms with Crippen LogP contribution in [0.2, 0.25) is 0 Å². The molecule has 4 nitrogen and oxygen atoms in total. The van der Waals surface area contributed by atoms with E-state index >= 15 is 0 Å². The first-order valence-corrected chi connectivity index (χ1v) is 7.36. The second-order valence-electron chi connectivity index (χ2n) is 5.78. The fourth-order valence-electron chi connectivity index (χ4n) is 1.85. The summed E-state index contributed by atoms with van der Waals surface area (Å²) in [7, 11) is 8.39. The van der Waals surface area contributed by atoms with Crippen LogP contribution in [0.25, 0.3) is 0 Å². The van der Waals surface area contributed by atoms with Crippen LogP contribution < -0.4 is 10.6 Å². The van der Waals surface area contributed by atoms with E-state index in [1.165, 1.54) is 11.1 Å². The summed E-state index contributed by atoms with van der Waals surface area (Å²) in [4.78, 5) is 4.38. The molecule has 0 atom stereocenters. The molecule has 21 heavy (non-hydrogen) atoms. The summed E-state index contributed by atoms with van der Waals surface area (Å²) < 4.78 is 0. The maximum Gasteiger partial charge on any atom is 0.0206 e. The highest BCUT2D eigenvalue weighted by molar-refractivity contribution is 5.85. The number of nitrogens with zero attached hydrogens (tertiary/aromatic N) is 2. The highest BCUT2D eigenvalue weighted by Gasteiger charge is 1.96. The minimum absolute atomic E-state index is 0. The predicted molar refractivity (Wildman–Crippen MR) is 94.2 cm³/mol. The van der Waals surface area contributed by atoms with Crippen molar-refractivity contribution < 1.29 is 0 Å². The lowest BCUT2D eigenvalue weighted by Gasteiger charge is -2.11. The van der Waals surface area contributed by atoms with Crippen molar-refractivity contribution in [3.63, 3.8) is 0 Å². The van der Waals surface area contributed by atoms with Crippen molar-refractivity contribution in [2.75, 3.05) is 54.4 Å². The largest absolute Gasteiger partial charge is 0.311 e. The van der Waals surface area contributed by atoms with Crippen LogP contribution in [0.1, 0.15) is 11.1 Å². The number of benzene rings is 1. The quantitative estimate of drug-likeness (QED) is 0.639. The lowest BCUT2D eigenvalue weighted by Crippen LogP contribution is -2.26. The number of halogens is 1. The summed E-state index contributed by atoms with van der Waals surface area (Å²) in [6.45, 7) is 6.10. The van der Waals surface area contributed by atoms with Crippen LogP contribution in [-0.4, -0.2) is 64.2 Å². The molecule has 0 saturated carbocycles. The van der Waals surface area contributed by atoms with Crippen LogP contribution in [0.15, 0.2) is 24.3 Å². The zero-order chi connectivity index (χ0) is 14.8. The van der Waals surface area contributed by atoms with E-state index < -0.39 is 0 Å². The Hall–Kier alpha value is -0.650. The van der Waals surface area contributed by atoms with E-state index in [0.29, 0.717) is 0 Å². The Labute approximate surface area is 136 Å². The summed E-state index contributed by atoms with van der Waals surface area (Å²) >= 11 is 0. The van der Waals surface area contributed by atoms with Gasteiger partial charge >= 0.3 is 0 Å². The third-order valence-corrected chi connectivity index (χ3v) is 3.15. The second kappa shape index (κ2) is 12.0. The molecule has 0 bridgehead atoms. The van der Waals surface area contributed by atoms with Gasteiger partial charge < -0.3 is 20.4 Å². The van der Waals surface area contributed by atoms with Crippen molar-refractivity contribution >= 4 is 12.4 Å². The maximum absolute atomic E-state index is 3.45. The standard InChI is InChI=1S/C16H30N4.ClH/c1-19(2)11-9-17-13-15-5-7-16(8-6-15)14-18-10-12-20(3)4;/h5-8,17-18H,9-14H2,1-4H3;1H. The lowest BCUT2D eigenvalue weighted by molar-refractivity contribution is 0.399. The van der Waals surface area contributed by atoms with Gasteiger partial charge in [-0.1, -0.05) is 24.3 Å². The molecule has 2 N–H and O–H groups in total. The molecule has 1 aromatic rings. The minimum atomic E-state index is 0. The van der Waals surface area contributed by atoms with Gasteiger partial charge in [-0.2, -0.15) is 0 Å². The lowest BCUT2D eigenvalue weighted by atomic mass is 10.1. The SMILES string of the molecule is CN(C)CCNCc1ccc(CNCCN(C)C)cc1.Cl. The summed E-state index contributed by atoms with van der Waals surface area (Å²) in [6.07, 6.45) is 0. The van der Waals surface area contributed by atoms with Crippen LogP contribution in [0.3, 0.4) is 0 Å². The van der Waals surface area contributed by atoms with E-state index in [4.69, 9.17) is 0 Å². The minimum Gasteiger partial charge on any atom is -0.311 e. The molecule has 0 aliphatic rings. The molecule has 0 aromatic heterocycles. The van der Waals surface area contributed by atoms with Gasteiger partial charge in [-0.15, -0.1) is 12.4 Å². The number of nitrogens with one attached hydrogen (secondary N) is 2. The summed E-state index contributed by atoms with van der Waals surface area (Å²) in [5.74, 6) is 0. The highest BCUT2D eigenvalue weighted by atomic mass is 35.5. The van der Waals surface area contributed by atoms with Gasteiger partial charge in [0.2, 0.25) is 0 Å². The molecular formula is C16H31ClN4. The van der Waals surface area contributed by atoms with Crippen LogP contribution in [-0.2, 0) is 13.1 Å². The molecule has 0 unspecified atom stereocenters. The first-order valence-electron chi connectivity index (χ1n) is 7.36. The Morgan fingerprint density at radius 1 is 0.714 bits per heavy atom. The predicted octanol–water partition coefficient (Wildman–Crippen LogP) is 1.41. The summed E-state index contributed by atoms with van der Waals surface area (Å²) in [5.41, 5.74) is 2.70. The third kappa shape index (κ3) is 10.7. The molecule has 0 radical (unpaired) electrons. The molecule has 0 saturated heterocycles. The van der Waals surface area contributed by atoms with Crippen molar-refractivity contribution in [1.29, 1.82) is 0 Å². The van der Waals surface area contributed by atoms with Gasteiger partial charge in [-0.3, -0.25) is 0 Å². The Kier molecular flexibility index (Phi) is 11.6.